The Morgan fingerprint density at radius 3 is 2.71 bits per heavy atom. The topological polar surface area (TPSA) is 54.0 Å². The van der Waals surface area contributed by atoms with Gasteiger partial charge in [0, 0.05) is 24.6 Å². The average molecular weight is 283 g/mol. The molecule has 0 unspecified atom stereocenters. The van der Waals surface area contributed by atoms with Gasteiger partial charge in [0.2, 0.25) is 0 Å². The molecule has 0 spiro atoms. The molecule has 0 fully saturated rings. The number of pyridine rings is 1. The highest BCUT2D eigenvalue weighted by Gasteiger charge is 2.11. The van der Waals surface area contributed by atoms with Crippen molar-refractivity contribution in [3.8, 4) is 0 Å². The first-order valence-corrected chi connectivity index (χ1v) is 7.11. The molecule has 2 aromatic rings. The van der Waals surface area contributed by atoms with E-state index in [0.29, 0.717) is 12.5 Å². The van der Waals surface area contributed by atoms with Crippen molar-refractivity contribution >= 4 is 11.7 Å². The van der Waals surface area contributed by atoms with Gasteiger partial charge in [0.1, 0.15) is 0 Å². The maximum atomic E-state index is 12.1. The summed E-state index contributed by atoms with van der Waals surface area (Å²) in [6.45, 7) is 6.70. The van der Waals surface area contributed by atoms with E-state index in [9.17, 15) is 4.79 Å². The first kappa shape index (κ1) is 15.0. The quantitative estimate of drug-likeness (QED) is 0.895. The van der Waals surface area contributed by atoms with Crippen molar-refractivity contribution in [2.75, 3.05) is 5.32 Å². The highest BCUT2D eigenvalue weighted by Crippen LogP contribution is 2.27. The van der Waals surface area contributed by atoms with E-state index in [1.807, 2.05) is 37.3 Å². The van der Waals surface area contributed by atoms with Gasteiger partial charge in [0.15, 0.2) is 0 Å². The normalized spacial score (nSPS) is 10.5. The lowest BCUT2D eigenvalue weighted by Gasteiger charge is -2.16. The van der Waals surface area contributed by atoms with Crippen LogP contribution >= 0.6 is 0 Å². The first-order chi connectivity index (χ1) is 10.1. The number of nitrogens with zero attached hydrogens (tertiary/aromatic N) is 1. The fraction of sp³-hybridized carbons (Fsp3) is 0.294. The molecule has 0 aliphatic rings. The van der Waals surface area contributed by atoms with Crippen LogP contribution in [0, 0.1) is 6.92 Å². The molecule has 0 bridgehead atoms. The van der Waals surface area contributed by atoms with Crippen molar-refractivity contribution in [2.45, 2.75) is 33.2 Å². The molecule has 1 aromatic carbocycles. The molecule has 2 rings (SSSR count). The van der Waals surface area contributed by atoms with Gasteiger partial charge >= 0.3 is 6.03 Å². The van der Waals surface area contributed by atoms with Gasteiger partial charge in [-0.05, 0) is 35.6 Å². The third-order valence-electron chi connectivity index (χ3n) is 3.34. The van der Waals surface area contributed by atoms with E-state index in [4.69, 9.17) is 0 Å². The van der Waals surface area contributed by atoms with Gasteiger partial charge in [-0.2, -0.15) is 0 Å². The zero-order valence-corrected chi connectivity index (χ0v) is 12.7. The summed E-state index contributed by atoms with van der Waals surface area (Å²) in [7, 11) is 0. The zero-order valence-electron chi connectivity index (χ0n) is 12.7. The predicted octanol–water partition coefficient (Wildman–Crippen LogP) is 3.84. The summed E-state index contributed by atoms with van der Waals surface area (Å²) in [5, 5.41) is 5.81. The largest absolute Gasteiger partial charge is 0.334 e. The van der Waals surface area contributed by atoms with Gasteiger partial charge in [0.05, 0.1) is 0 Å². The Morgan fingerprint density at radius 2 is 2.05 bits per heavy atom. The van der Waals surface area contributed by atoms with Crippen molar-refractivity contribution in [1.82, 2.24) is 10.3 Å². The van der Waals surface area contributed by atoms with Gasteiger partial charge in [-0.1, -0.05) is 38.1 Å². The third kappa shape index (κ3) is 4.05. The lowest BCUT2D eigenvalue weighted by Crippen LogP contribution is -2.29. The maximum Gasteiger partial charge on any atom is 0.319 e. The molecule has 4 heteroatoms. The van der Waals surface area contributed by atoms with Gasteiger partial charge in [0.25, 0.3) is 0 Å². The Labute approximate surface area is 125 Å². The number of urea groups is 1. The van der Waals surface area contributed by atoms with Gasteiger partial charge in [-0.3, -0.25) is 4.98 Å². The van der Waals surface area contributed by atoms with E-state index in [2.05, 4.69) is 29.5 Å². The summed E-state index contributed by atoms with van der Waals surface area (Å²) in [5.41, 5.74) is 4.09. The highest BCUT2D eigenvalue weighted by atomic mass is 16.2. The summed E-state index contributed by atoms with van der Waals surface area (Å²) in [6, 6.07) is 9.66. The van der Waals surface area contributed by atoms with E-state index in [0.717, 1.165) is 22.4 Å². The summed E-state index contributed by atoms with van der Waals surface area (Å²) in [4.78, 5) is 16.1. The Balaban J connectivity index is 2.03. The first-order valence-electron chi connectivity index (χ1n) is 7.11. The number of carbonyl (C=O) groups is 1. The third-order valence-corrected chi connectivity index (χ3v) is 3.34. The molecule has 0 aliphatic heterocycles. The Hall–Kier alpha value is -2.36. The van der Waals surface area contributed by atoms with Gasteiger partial charge < -0.3 is 10.6 Å². The van der Waals surface area contributed by atoms with Crippen molar-refractivity contribution in [2.24, 2.45) is 0 Å². The lowest BCUT2D eigenvalue weighted by atomic mass is 9.98. The maximum absolute atomic E-state index is 12.1. The highest BCUT2D eigenvalue weighted by molar-refractivity contribution is 5.91. The summed E-state index contributed by atoms with van der Waals surface area (Å²) >= 11 is 0. The number of aryl methyl sites for hydroxylation is 1. The molecule has 0 saturated carbocycles. The number of nitrogens with one attached hydrogen (secondary N) is 2. The second kappa shape index (κ2) is 6.88. The number of carbonyl (C=O) groups excluding carboxylic acids is 1. The Morgan fingerprint density at radius 1 is 1.24 bits per heavy atom. The molecule has 0 atom stereocenters. The summed E-state index contributed by atoms with van der Waals surface area (Å²) in [5.74, 6) is 0.360. The molecule has 0 saturated heterocycles. The van der Waals surface area contributed by atoms with Crippen LogP contribution in [0.5, 0.6) is 0 Å². The molecule has 0 radical (unpaired) electrons. The molecule has 110 valence electrons. The van der Waals surface area contributed by atoms with E-state index in [-0.39, 0.29) is 6.03 Å². The standard InChI is InChI=1S/C17H21N3O/c1-12(2)15-8-4-6-13(3)16(15)20-17(21)19-11-14-7-5-9-18-10-14/h4-10,12H,11H2,1-3H3,(H2,19,20,21). The average Bonchev–Trinajstić information content (AvgIpc) is 2.48. The number of aromatic nitrogens is 1. The Kier molecular flexibility index (Phi) is 4.93. The van der Waals surface area contributed by atoms with Crippen LogP contribution in [0.3, 0.4) is 0 Å². The molecule has 21 heavy (non-hydrogen) atoms. The number of hydrogen-bond donors (Lipinski definition) is 2. The number of benzene rings is 1. The molecule has 2 N–H and O–H groups in total. The van der Waals surface area contributed by atoms with Gasteiger partial charge in [-0.15, -0.1) is 0 Å². The second-order valence-electron chi connectivity index (χ2n) is 5.36. The molecule has 1 aromatic heterocycles. The molecule has 4 nitrogen and oxygen atoms in total. The van der Waals surface area contributed by atoms with Crippen LogP contribution < -0.4 is 10.6 Å². The van der Waals surface area contributed by atoms with Crippen LogP contribution in [-0.4, -0.2) is 11.0 Å². The van der Waals surface area contributed by atoms with E-state index in [1.165, 1.54) is 0 Å². The predicted molar refractivity (Wildman–Crippen MR) is 85.4 cm³/mol. The molecule has 0 aliphatic carbocycles. The van der Waals surface area contributed by atoms with Crippen LogP contribution in [0.2, 0.25) is 0 Å². The zero-order chi connectivity index (χ0) is 15.2. The van der Waals surface area contributed by atoms with E-state index < -0.39 is 0 Å². The SMILES string of the molecule is Cc1cccc(C(C)C)c1NC(=O)NCc1cccnc1. The smallest absolute Gasteiger partial charge is 0.319 e. The van der Waals surface area contributed by atoms with Crippen LogP contribution in [0.15, 0.2) is 42.7 Å². The molecule has 2 amide bonds. The summed E-state index contributed by atoms with van der Waals surface area (Å²) in [6.07, 6.45) is 3.46. The van der Waals surface area contributed by atoms with Crippen molar-refractivity contribution in [3.05, 3.63) is 59.4 Å². The monoisotopic (exact) mass is 283 g/mol. The minimum absolute atomic E-state index is 0.199. The number of anilines is 1. The number of rotatable bonds is 4. The van der Waals surface area contributed by atoms with Crippen molar-refractivity contribution < 1.29 is 4.79 Å². The molecular formula is C17H21N3O. The van der Waals surface area contributed by atoms with Crippen molar-refractivity contribution in [3.63, 3.8) is 0 Å². The van der Waals surface area contributed by atoms with Crippen LogP contribution in [-0.2, 0) is 6.54 Å². The second-order valence-corrected chi connectivity index (χ2v) is 5.36. The van der Waals surface area contributed by atoms with Crippen molar-refractivity contribution in [1.29, 1.82) is 0 Å². The van der Waals surface area contributed by atoms with Gasteiger partial charge in [-0.25, -0.2) is 4.79 Å². The Bertz CT molecular complexity index is 609. The van der Waals surface area contributed by atoms with Crippen LogP contribution in [0.4, 0.5) is 10.5 Å². The minimum atomic E-state index is -0.199. The minimum Gasteiger partial charge on any atom is -0.334 e. The molecular weight excluding hydrogens is 262 g/mol. The molecule has 1 heterocycles. The van der Waals surface area contributed by atoms with E-state index in [1.54, 1.807) is 12.4 Å². The fourth-order valence-corrected chi connectivity index (χ4v) is 2.19. The van der Waals surface area contributed by atoms with Crippen LogP contribution in [0.25, 0.3) is 0 Å². The number of amides is 2. The van der Waals surface area contributed by atoms with E-state index >= 15 is 0 Å². The number of hydrogen-bond acceptors (Lipinski definition) is 2. The fourth-order valence-electron chi connectivity index (χ4n) is 2.19. The van der Waals surface area contributed by atoms with Crippen LogP contribution in [0.1, 0.15) is 36.5 Å². The summed E-state index contributed by atoms with van der Waals surface area (Å²) < 4.78 is 0. The number of para-hydroxylation sites is 1. The lowest BCUT2D eigenvalue weighted by molar-refractivity contribution is 0.251.